The SMILES string of the molecule is CCCc1cccc2cc(C(N3NC(=O)CC3(C)C)C(F)(F)F)ccc12. The van der Waals surface area contributed by atoms with Gasteiger partial charge in [0.25, 0.3) is 0 Å². The quantitative estimate of drug-likeness (QED) is 0.836. The third-order valence-electron chi connectivity index (χ3n) is 4.89. The summed E-state index contributed by atoms with van der Waals surface area (Å²) in [5.74, 6) is -0.393. The fourth-order valence-corrected chi connectivity index (χ4v) is 3.73. The molecule has 1 fully saturated rings. The zero-order valence-corrected chi connectivity index (χ0v) is 15.2. The van der Waals surface area contributed by atoms with Crippen molar-refractivity contribution in [3.05, 3.63) is 47.5 Å². The Labute approximate surface area is 151 Å². The van der Waals surface area contributed by atoms with E-state index in [0.29, 0.717) is 0 Å². The summed E-state index contributed by atoms with van der Waals surface area (Å²) >= 11 is 0. The third kappa shape index (κ3) is 3.43. The normalized spacial score (nSPS) is 18.9. The maximum atomic E-state index is 13.9. The number of hydrogen-bond acceptors (Lipinski definition) is 2. The van der Waals surface area contributed by atoms with Crippen molar-refractivity contribution in [3.63, 3.8) is 0 Å². The highest BCUT2D eigenvalue weighted by Gasteiger charge is 2.52. The molecule has 1 atom stereocenters. The Kier molecular flexibility index (Phi) is 4.73. The van der Waals surface area contributed by atoms with Gasteiger partial charge in [-0.2, -0.15) is 18.2 Å². The number of alkyl halides is 3. The Bertz CT molecular complexity index is 829. The van der Waals surface area contributed by atoms with Gasteiger partial charge in [-0.3, -0.25) is 10.2 Å². The molecule has 0 aliphatic carbocycles. The van der Waals surface area contributed by atoms with E-state index in [2.05, 4.69) is 12.3 Å². The highest BCUT2D eigenvalue weighted by molar-refractivity contribution is 5.86. The maximum absolute atomic E-state index is 13.9. The van der Waals surface area contributed by atoms with Gasteiger partial charge in [-0.1, -0.05) is 43.7 Å². The van der Waals surface area contributed by atoms with Gasteiger partial charge in [-0.25, -0.2) is 0 Å². The number of hydrogen-bond donors (Lipinski definition) is 1. The van der Waals surface area contributed by atoms with Crippen molar-refractivity contribution in [2.75, 3.05) is 0 Å². The summed E-state index contributed by atoms with van der Waals surface area (Å²) in [4.78, 5) is 11.7. The van der Waals surface area contributed by atoms with Gasteiger partial charge in [0.1, 0.15) is 0 Å². The molecule has 1 amide bonds. The Balaban J connectivity index is 2.09. The molecule has 0 radical (unpaired) electrons. The van der Waals surface area contributed by atoms with Crippen molar-refractivity contribution in [1.29, 1.82) is 0 Å². The summed E-state index contributed by atoms with van der Waals surface area (Å²) in [6, 6.07) is 8.71. The molecule has 1 aliphatic heterocycles. The van der Waals surface area contributed by atoms with E-state index < -0.39 is 23.7 Å². The summed E-state index contributed by atoms with van der Waals surface area (Å²) < 4.78 is 41.8. The van der Waals surface area contributed by atoms with Crippen LogP contribution < -0.4 is 5.43 Å². The van der Waals surface area contributed by atoms with Gasteiger partial charge >= 0.3 is 6.18 Å². The van der Waals surface area contributed by atoms with Crippen LogP contribution in [0.5, 0.6) is 0 Å². The number of carbonyl (C=O) groups excluding carboxylic acids is 1. The summed E-state index contributed by atoms with van der Waals surface area (Å²) in [5, 5.41) is 2.81. The second-order valence-corrected chi connectivity index (χ2v) is 7.49. The highest BCUT2D eigenvalue weighted by Crippen LogP contribution is 2.43. The monoisotopic (exact) mass is 364 g/mol. The van der Waals surface area contributed by atoms with Gasteiger partial charge in [0, 0.05) is 12.0 Å². The lowest BCUT2D eigenvalue weighted by Crippen LogP contribution is -2.51. The number of carbonyl (C=O) groups is 1. The number of benzene rings is 2. The first-order valence-corrected chi connectivity index (χ1v) is 8.80. The molecule has 2 aromatic rings. The van der Waals surface area contributed by atoms with E-state index in [-0.39, 0.29) is 12.0 Å². The van der Waals surface area contributed by atoms with Crippen LogP contribution in [-0.2, 0) is 11.2 Å². The average Bonchev–Trinajstić information content (AvgIpc) is 2.79. The molecule has 1 unspecified atom stereocenters. The molecule has 0 aromatic heterocycles. The first-order chi connectivity index (χ1) is 12.1. The minimum absolute atomic E-state index is 0.0355. The molecule has 1 aliphatic rings. The first kappa shape index (κ1) is 18.7. The minimum Gasteiger partial charge on any atom is -0.287 e. The predicted molar refractivity (Wildman–Crippen MR) is 95.4 cm³/mol. The number of hydrazine groups is 1. The van der Waals surface area contributed by atoms with Gasteiger partial charge in [-0.15, -0.1) is 0 Å². The maximum Gasteiger partial charge on any atom is 0.409 e. The summed E-state index contributed by atoms with van der Waals surface area (Å²) in [6.45, 7) is 5.36. The van der Waals surface area contributed by atoms with Crippen molar-refractivity contribution in [2.24, 2.45) is 0 Å². The van der Waals surface area contributed by atoms with Gasteiger partial charge in [-0.05, 0) is 48.2 Å². The van der Waals surface area contributed by atoms with Gasteiger partial charge in [0.2, 0.25) is 5.91 Å². The minimum atomic E-state index is -4.51. The largest absolute Gasteiger partial charge is 0.409 e. The molecule has 1 N–H and O–H groups in total. The third-order valence-corrected chi connectivity index (χ3v) is 4.89. The number of fused-ring (bicyclic) bond motifs is 1. The average molecular weight is 364 g/mol. The Morgan fingerprint density at radius 2 is 1.96 bits per heavy atom. The predicted octanol–water partition coefficient (Wildman–Crippen LogP) is 4.91. The number of rotatable bonds is 4. The van der Waals surface area contributed by atoms with Crippen LogP contribution in [0.25, 0.3) is 10.8 Å². The van der Waals surface area contributed by atoms with Crippen molar-refractivity contribution in [2.45, 2.75) is 57.8 Å². The summed E-state index contributed by atoms with van der Waals surface area (Å²) in [7, 11) is 0. The molecule has 26 heavy (non-hydrogen) atoms. The summed E-state index contributed by atoms with van der Waals surface area (Å²) in [5.41, 5.74) is 2.75. The Morgan fingerprint density at radius 3 is 2.54 bits per heavy atom. The van der Waals surface area contributed by atoms with Crippen LogP contribution in [0.2, 0.25) is 0 Å². The van der Waals surface area contributed by atoms with Gasteiger partial charge < -0.3 is 0 Å². The van der Waals surface area contributed by atoms with E-state index >= 15 is 0 Å². The van der Waals surface area contributed by atoms with Crippen LogP contribution in [-0.4, -0.2) is 22.6 Å². The van der Waals surface area contributed by atoms with Crippen LogP contribution >= 0.6 is 0 Å². The molecule has 2 aromatic carbocycles. The number of nitrogens with one attached hydrogen (secondary N) is 1. The molecular formula is C20H23F3N2O. The van der Waals surface area contributed by atoms with E-state index in [1.54, 1.807) is 26.0 Å². The molecular weight excluding hydrogens is 341 g/mol. The molecule has 0 bridgehead atoms. The van der Waals surface area contributed by atoms with E-state index in [0.717, 1.165) is 34.2 Å². The fourth-order valence-electron chi connectivity index (χ4n) is 3.73. The molecule has 140 valence electrons. The summed E-state index contributed by atoms with van der Waals surface area (Å²) in [6.07, 6.45) is -2.62. The standard InChI is InChI=1S/C20H23F3N2O/c1-4-6-13-7-5-8-14-11-15(9-10-16(13)14)18(20(21,22)23)25-19(2,3)12-17(26)24-25/h5,7-11,18H,4,6,12H2,1-3H3,(H,24,26). The van der Waals surface area contributed by atoms with Crippen LogP contribution in [0.15, 0.2) is 36.4 Å². The van der Waals surface area contributed by atoms with Crippen LogP contribution in [0.1, 0.15) is 50.8 Å². The van der Waals surface area contributed by atoms with Crippen LogP contribution in [0, 0.1) is 0 Å². The fraction of sp³-hybridized carbons (Fsp3) is 0.450. The number of amides is 1. The molecule has 6 heteroatoms. The van der Waals surface area contributed by atoms with Crippen LogP contribution in [0.4, 0.5) is 13.2 Å². The van der Waals surface area contributed by atoms with E-state index in [1.807, 2.05) is 18.2 Å². The Morgan fingerprint density at radius 1 is 1.23 bits per heavy atom. The second kappa shape index (κ2) is 6.58. The molecule has 0 saturated carbocycles. The zero-order valence-electron chi connectivity index (χ0n) is 15.2. The topological polar surface area (TPSA) is 32.3 Å². The Hall–Kier alpha value is -2.08. The van der Waals surface area contributed by atoms with Crippen molar-refractivity contribution >= 4 is 16.7 Å². The first-order valence-electron chi connectivity index (χ1n) is 8.80. The van der Waals surface area contributed by atoms with Crippen LogP contribution in [0.3, 0.4) is 0 Å². The van der Waals surface area contributed by atoms with E-state index in [4.69, 9.17) is 0 Å². The molecule has 3 rings (SSSR count). The number of halogens is 3. The highest BCUT2D eigenvalue weighted by atomic mass is 19.4. The zero-order chi connectivity index (χ0) is 19.1. The molecule has 3 nitrogen and oxygen atoms in total. The van der Waals surface area contributed by atoms with Crippen molar-refractivity contribution < 1.29 is 18.0 Å². The van der Waals surface area contributed by atoms with Crippen molar-refractivity contribution in [1.82, 2.24) is 10.4 Å². The second-order valence-electron chi connectivity index (χ2n) is 7.49. The molecule has 1 heterocycles. The lowest BCUT2D eigenvalue weighted by molar-refractivity contribution is -0.203. The molecule has 1 saturated heterocycles. The van der Waals surface area contributed by atoms with Gasteiger partial charge in [0.05, 0.1) is 0 Å². The smallest absolute Gasteiger partial charge is 0.287 e. The van der Waals surface area contributed by atoms with E-state index in [9.17, 15) is 18.0 Å². The lowest BCUT2D eigenvalue weighted by Gasteiger charge is -2.38. The van der Waals surface area contributed by atoms with E-state index in [1.165, 1.54) is 6.07 Å². The molecule has 0 spiro atoms. The van der Waals surface area contributed by atoms with Gasteiger partial charge in [0.15, 0.2) is 6.04 Å². The lowest BCUT2D eigenvalue weighted by atomic mass is 9.94. The number of aryl methyl sites for hydroxylation is 1. The number of nitrogens with zero attached hydrogens (tertiary/aromatic N) is 1. The van der Waals surface area contributed by atoms with Crippen molar-refractivity contribution in [3.8, 4) is 0 Å².